The highest BCUT2D eigenvalue weighted by Crippen LogP contribution is 2.31. The van der Waals surface area contributed by atoms with Crippen LogP contribution in [0.15, 0.2) is 84.9 Å². The zero-order valence-electron chi connectivity index (χ0n) is 20.4. The number of carbonyl (C=O) groups is 3. The smallest absolute Gasteiger partial charge is 0.267 e. The number of nitrogens with zero attached hydrogens (tertiary/aromatic N) is 2. The SMILES string of the molecule is O=C(N[C@@H](Cc1ccccc1)C(=O)N1CCN(C(=O)[C@H]2COc3ccccc3O2)CC1)c1ccccc1. The lowest BCUT2D eigenvalue weighted by Crippen LogP contribution is -2.58. The van der Waals surface area contributed by atoms with Gasteiger partial charge in [0.25, 0.3) is 11.8 Å². The number of nitrogens with one attached hydrogen (secondary N) is 1. The quantitative estimate of drug-likeness (QED) is 0.563. The van der Waals surface area contributed by atoms with Gasteiger partial charge in [0.2, 0.25) is 12.0 Å². The molecule has 190 valence electrons. The Labute approximate surface area is 215 Å². The fraction of sp³-hybridized carbons (Fsp3) is 0.276. The Hall–Kier alpha value is -4.33. The molecule has 0 bridgehead atoms. The van der Waals surface area contributed by atoms with Gasteiger partial charge in [-0.3, -0.25) is 14.4 Å². The first kappa shape index (κ1) is 24.4. The number of rotatable bonds is 6. The van der Waals surface area contributed by atoms with E-state index in [2.05, 4.69) is 5.32 Å². The summed E-state index contributed by atoms with van der Waals surface area (Å²) in [5.74, 6) is 0.576. The van der Waals surface area contributed by atoms with E-state index in [4.69, 9.17) is 9.47 Å². The number of hydrogen-bond donors (Lipinski definition) is 1. The Balaban J connectivity index is 1.22. The van der Waals surface area contributed by atoms with E-state index in [-0.39, 0.29) is 24.3 Å². The second-order valence-corrected chi connectivity index (χ2v) is 9.10. The monoisotopic (exact) mass is 499 g/mol. The van der Waals surface area contributed by atoms with Crippen LogP contribution in [0.3, 0.4) is 0 Å². The molecule has 8 nitrogen and oxygen atoms in total. The molecule has 3 amide bonds. The second-order valence-electron chi connectivity index (χ2n) is 9.10. The average Bonchev–Trinajstić information content (AvgIpc) is 2.97. The molecular formula is C29H29N3O5. The number of hydrogen-bond acceptors (Lipinski definition) is 5. The van der Waals surface area contributed by atoms with E-state index in [9.17, 15) is 14.4 Å². The molecule has 3 aromatic carbocycles. The van der Waals surface area contributed by atoms with Crippen molar-refractivity contribution in [2.75, 3.05) is 32.8 Å². The van der Waals surface area contributed by atoms with E-state index in [1.54, 1.807) is 40.1 Å². The van der Waals surface area contributed by atoms with Crippen molar-refractivity contribution in [3.8, 4) is 11.5 Å². The van der Waals surface area contributed by atoms with E-state index < -0.39 is 12.1 Å². The van der Waals surface area contributed by atoms with Crippen molar-refractivity contribution >= 4 is 17.7 Å². The van der Waals surface area contributed by atoms with Crippen LogP contribution in [0.5, 0.6) is 11.5 Å². The highest BCUT2D eigenvalue weighted by Gasteiger charge is 2.35. The molecule has 5 rings (SSSR count). The minimum atomic E-state index is -0.719. The standard InChI is InChI=1S/C29H29N3O5/c33-27(22-11-5-2-6-12-22)30-23(19-21-9-3-1-4-10-21)28(34)31-15-17-32(18-16-31)29(35)26-20-36-24-13-7-8-14-25(24)37-26/h1-14,23,26H,15-20H2,(H,30,33)/t23-,26+/m0/s1. The number of carbonyl (C=O) groups excluding carboxylic acids is 3. The summed E-state index contributed by atoms with van der Waals surface area (Å²) in [6.07, 6.45) is -0.336. The van der Waals surface area contributed by atoms with Crippen molar-refractivity contribution in [1.29, 1.82) is 0 Å². The lowest BCUT2D eigenvalue weighted by Gasteiger charge is -2.38. The summed E-state index contributed by atoms with van der Waals surface area (Å²) in [6, 6.07) is 25.0. The molecule has 0 aromatic heterocycles. The largest absolute Gasteiger partial charge is 0.485 e. The molecule has 2 atom stereocenters. The molecule has 1 fully saturated rings. The van der Waals surface area contributed by atoms with Gasteiger partial charge in [0.05, 0.1) is 0 Å². The highest BCUT2D eigenvalue weighted by molar-refractivity contribution is 5.97. The maximum Gasteiger partial charge on any atom is 0.267 e. The number of piperazine rings is 1. The molecule has 0 radical (unpaired) electrons. The Bertz CT molecular complexity index is 1240. The van der Waals surface area contributed by atoms with Gasteiger partial charge in [0, 0.05) is 38.2 Å². The average molecular weight is 500 g/mol. The third kappa shape index (κ3) is 5.74. The maximum atomic E-state index is 13.5. The van der Waals surface area contributed by atoms with Crippen LogP contribution in [-0.4, -0.2) is 72.5 Å². The van der Waals surface area contributed by atoms with Crippen molar-refractivity contribution in [3.63, 3.8) is 0 Å². The molecule has 8 heteroatoms. The van der Waals surface area contributed by atoms with Crippen LogP contribution in [0.1, 0.15) is 15.9 Å². The number of fused-ring (bicyclic) bond motifs is 1. The number of amides is 3. The lowest BCUT2D eigenvalue weighted by molar-refractivity contribution is -0.146. The molecule has 0 unspecified atom stereocenters. The maximum absolute atomic E-state index is 13.5. The summed E-state index contributed by atoms with van der Waals surface area (Å²) in [6.45, 7) is 1.68. The van der Waals surface area contributed by atoms with Crippen LogP contribution < -0.4 is 14.8 Å². The van der Waals surface area contributed by atoms with E-state index >= 15 is 0 Å². The predicted octanol–water partition coefficient (Wildman–Crippen LogP) is 2.54. The van der Waals surface area contributed by atoms with Gasteiger partial charge in [-0.25, -0.2) is 0 Å². The lowest BCUT2D eigenvalue weighted by atomic mass is 10.0. The fourth-order valence-corrected chi connectivity index (χ4v) is 4.59. The van der Waals surface area contributed by atoms with Gasteiger partial charge >= 0.3 is 0 Å². The summed E-state index contributed by atoms with van der Waals surface area (Å²) in [7, 11) is 0. The zero-order chi connectivity index (χ0) is 25.6. The summed E-state index contributed by atoms with van der Waals surface area (Å²) in [5, 5.41) is 2.93. The molecule has 3 aromatic rings. The topological polar surface area (TPSA) is 88.2 Å². The van der Waals surface area contributed by atoms with Crippen molar-refractivity contribution in [2.45, 2.75) is 18.6 Å². The van der Waals surface area contributed by atoms with Gasteiger partial charge in [0.15, 0.2) is 11.5 Å². The molecule has 2 aliphatic rings. The first-order chi connectivity index (χ1) is 18.1. The number of benzene rings is 3. The second kappa shape index (κ2) is 11.2. The molecule has 2 heterocycles. The molecular weight excluding hydrogens is 470 g/mol. The van der Waals surface area contributed by atoms with Crippen LogP contribution >= 0.6 is 0 Å². The van der Waals surface area contributed by atoms with Crippen LogP contribution in [0.25, 0.3) is 0 Å². The minimum absolute atomic E-state index is 0.152. The molecule has 0 spiro atoms. The zero-order valence-corrected chi connectivity index (χ0v) is 20.4. The van der Waals surface area contributed by atoms with Crippen LogP contribution in [0.4, 0.5) is 0 Å². The third-order valence-corrected chi connectivity index (χ3v) is 6.61. The first-order valence-corrected chi connectivity index (χ1v) is 12.4. The first-order valence-electron chi connectivity index (χ1n) is 12.4. The van der Waals surface area contributed by atoms with Crippen LogP contribution in [0.2, 0.25) is 0 Å². The van der Waals surface area contributed by atoms with Crippen LogP contribution in [0, 0.1) is 0 Å². The molecule has 37 heavy (non-hydrogen) atoms. The minimum Gasteiger partial charge on any atom is -0.485 e. The Morgan fingerprint density at radius 1 is 0.784 bits per heavy atom. The predicted molar refractivity (Wildman–Crippen MR) is 137 cm³/mol. The summed E-state index contributed by atoms with van der Waals surface area (Å²) in [4.78, 5) is 42.9. The Morgan fingerprint density at radius 3 is 2.08 bits per heavy atom. The van der Waals surface area contributed by atoms with Gasteiger partial charge in [-0.1, -0.05) is 60.7 Å². The molecule has 0 saturated carbocycles. The third-order valence-electron chi connectivity index (χ3n) is 6.61. The molecule has 1 N–H and O–H groups in total. The fourth-order valence-electron chi connectivity index (χ4n) is 4.59. The van der Waals surface area contributed by atoms with Gasteiger partial charge in [-0.15, -0.1) is 0 Å². The summed E-state index contributed by atoms with van der Waals surface area (Å²) < 4.78 is 11.6. The number of ether oxygens (including phenoxy) is 2. The van der Waals surface area contributed by atoms with E-state index in [0.29, 0.717) is 49.7 Å². The molecule has 1 saturated heterocycles. The number of para-hydroxylation sites is 2. The van der Waals surface area contributed by atoms with E-state index in [1.807, 2.05) is 54.6 Å². The summed E-state index contributed by atoms with van der Waals surface area (Å²) in [5.41, 5.74) is 1.46. The highest BCUT2D eigenvalue weighted by atomic mass is 16.6. The van der Waals surface area contributed by atoms with Gasteiger partial charge < -0.3 is 24.6 Å². The van der Waals surface area contributed by atoms with Crippen molar-refractivity contribution in [2.24, 2.45) is 0 Å². The van der Waals surface area contributed by atoms with Gasteiger partial charge in [-0.05, 0) is 29.8 Å². The molecule has 2 aliphatic heterocycles. The summed E-state index contributed by atoms with van der Waals surface area (Å²) >= 11 is 0. The van der Waals surface area contributed by atoms with Crippen molar-refractivity contribution in [1.82, 2.24) is 15.1 Å². The van der Waals surface area contributed by atoms with Crippen molar-refractivity contribution in [3.05, 3.63) is 96.1 Å². The Kier molecular flexibility index (Phi) is 7.35. The van der Waals surface area contributed by atoms with Gasteiger partial charge in [0.1, 0.15) is 12.6 Å². The van der Waals surface area contributed by atoms with Crippen LogP contribution in [-0.2, 0) is 16.0 Å². The van der Waals surface area contributed by atoms with Crippen molar-refractivity contribution < 1.29 is 23.9 Å². The normalized spacial score (nSPS) is 17.6. The molecule has 0 aliphatic carbocycles. The Morgan fingerprint density at radius 2 is 1.38 bits per heavy atom. The van der Waals surface area contributed by atoms with Gasteiger partial charge in [-0.2, -0.15) is 0 Å². The van der Waals surface area contributed by atoms with E-state index in [0.717, 1.165) is 5.56 Å². The van der Waals surface area contributed by atoms with E-state index in [1.165, 1.54) is 0 Å².